The lowest BCUT2D eigenvalue weighted by molar-refractivity contribution is 0.579. The molecule has 1 N–H and O–H groups in total. The van der Waals surface area contributed by atoms with E-state index >= 15 is 0 Å². The maximum absolute atomic E-state index is 14.7. The van der Waals surface area contributed by atoms with Gasteiger partial charge >= 0.3 is 0 Å². The minimum Gasteiger partial charge on any atom is -0.372 e. The Morgan fingerprint density at radius 1 is 1.31 bits per heavy atom. The van der Waals surface area contributed by atoms with E-state index < -0.39 is 12.9 Å². The molecule has 1 aliphatic heterocycles. The highest BCUT2D eigenvalue weighted by molar-refractivity contribution is 7.90. The van der Waals surface area contributed by atoms with Gasteiger partial charge in [0, 0.05) is 37.4 Å². The van der Waals surface area contributed by atoms with Gasteiger partial charge in [0.25, 0.3) is 0 Å². The lowest BCUT2D eigenvalue weighted by Crippen LogP contribution is -2.43. The molecule has 2 unspecified atom stereocenters. The third-order valence-corrected chi connectivity index (χ3v) is 7.61. The Morgan fingerprint density at radius 2 is 2.00 bits per heavy atom. The minimum absolute atomic E-state index is 0.467. The van der Waals surface area contributed by atoms with Crippen molar-refractivity contribution in [2.75, 3.05) is 13.6 Å². The largest absolute Gasteiger partial charge is 0.372 e. The number of nitrogens with zero attached hydrogens (tertiary/aromatic N) is 5. The summed E-state index contributed by atoms with van der Waals surface area (Å²) < 4.78 is 14.7. The number of allylic oxidation sites excluding steroid dienone is 1. The van der Waals surface area contributed by atoms with Crippen molar-refractivity contribution in [3.63, 3.8) is 0 Å². The van der Waals surface area contributed by atoms with Crippen LogP contribution >= 0.6 is 7.14 Å². The second-order valence-corrected chi connectivity index (χ2v) is 8.99. The smallest absolute Gasteiger partial charge is 0.207 e. The lowest BCUT2D eigenvalue weighted by Gasteiger charge is -2.32. The molecule has 7 nitrogen and oxygen atoms in total. The van der Waals surface area contributed by atoms with Crippen LogP contribution in [-0.2, 0) is 4.57 Å². The second-order valence-electron chi connectivity index (χ2n) is 6.31. The minimum atomic E-state index is -3.34. The molecule has 0 bridgehead atoms. The summed E-state index contributed by atoms with van der Waals surface area (Å²) in [6.45, 7) is 11.7. The van der Waals surface area contributed by atoms with Crippen molar-refractivity contribution in [1.29, 1.82) is 0 Å². The van der Waals surface area contributed by atoms with Gasteiger partial charge in [0.1, 0.15) is 16.7 Å². The van der Waals surface area contributed by atoms with E-state index in [2.05, 4.69) is 30.3 Å². The highest BCUT2D eigenvalue weighted by atomic mass is 31.2. The Bertz CT molecular complexity index is 868. The van der Waals surface area contributed by atoms with E-state index in [4.69, 9.17) is 0 Å². The molecule has 0 saturated carbocycles. The quantitative estimate of drug-likeness (QED) is 0.634. The summed E-state index contributed by atoms with van der Waals surface area (Å²) in [5, 5.41) is 3.33. The molecule has 140 valence electrons. The topological polar surface area (TPSA) is 92.0 Å². The van der Waals surface area contributed by atoms with E-state index in [1.54, 1.807) is 19.4 Å². The molecule has 0 aromatic carbocycles. The number of aromatic nitrogens is 2. The van der Waals surface area contributed by atoms with Crippen LogP contribution in [0.25, 0.3) is 0 Å². The van der Waals surface area contributed by atoms with E-state index in [-0.39, 0.29) is 0 Å². The number of rotatable bonds is 5. The number of nitrogens with one attached hydrogen (secondary N) is 1. The van der Waals surface area contributed by atoms with Gasteiger partial charge in [-0.25, -0.2) is 4.98 Å². The van der Waals surface area contributed by atoms with Gasteiger partial charge in [0.05, 0.1) is 17.1 Å². The van der Waals surface area contributed by atoms with Crippen LogP contribution in [0.2, 0.25) is 0 Å². The first-order valence-electron chi connectivity index (χ1n) is 8.62. The molecule has 0 fully saturated rings. The predicted octanol–water partition coefficient (Wildman–Crippen LogP) is 2.84. The molecule has 2 rings (SSSR count). The molecular formula is C18H27N6OP. The van der Waals surface area contributed by atoms with Crippen molar-refractivity contribution in [1.82, 2.24) is 15.3 Å². The van der Waals surface area contributed by atoms with E-state index in [9.17, 15) is 4.57 Å². The summed E-state index contributed by atoms with van der Waals surface area (Å²) in [7, 11) is -1.66. The number of hydrogen-bond donors (Lipinski definition) is 1. The molecule has 0 amide bonds. The summed E-state index contributed by atoms with van der Waals surface area (Å²) in [5.74, 6) is -0.524. The summed E-state index contributed by atoms with van der Waals surface area (Å²) in [6, 6.07) is 0. The van der Waals surface area contributed by atoms with Crippen molar-refractivity contribution in [2.24, 2.45) is 15.0 Å². The highest BCUT2D eigenvalue weighted by Crippen LogP contribution is 2.52. The van der Waals surface area contributed by atoms with Crippen LogP contribution in [0.5, 0.6) is 0 Å². The molecule has 26 heavy (non-hydrogen) atoms. The van der Waals surface area contributed by atoms with Crippen molar-refractivity contribution in [3.8, 4) is 0 Å². The van der Waals surface area contributed by atoms with Gasteiger partial charge in [-0.3, -0.25) is 20.0 Å². The maximum atomic E-state index is 14.7. The molecule has 2 atom stereocenters. The van der Waals surface area contributed by atoms with Crippen molar-refractivity contribution in [2.45, 2.75) is 47.3 Å². The van der Waals surface area contributed by atoms with Gasteiger partial charge in [-0.15, -0.1) is 0 Å². The predicted molar refractivity (Wildman–Crippen MR) is 110 cm³/mol. The number of hydrogen-bond acceptors (Lipinski definition) is 7. The molecule has 2 heterocycles. The van der Waals surface area contributed by atoms with Crippen LogP contribution in [0.4, 0.5) is 0 Å². The monoisotopic (exact) mass is 374 g/mol. The molecule has 0 aliphatic carbocycles. The molecule has 1 aliphatic rings. The molecule has 1 aromatic rings. The Hall–Kier alpha value is -2.14. The molecule has 1 aromatic heterocycles. The summed E-state index contributed by atoms with van der Waals surface area (Å²) in [6.07, 6.45) is 3.42. The van der Waals surface area contributed by atoms with Gasteiger partial charge in [-0.05, 0) is 41.5 Å². The third kappa shape index (κ3) is 3.68. The standard InChI is InChI=1S/C18H27N6OP/c1-8-20-16(13(4)19-7)26(25,17-14(5)21-9-11(2)23-17)18-15(6)22-10-12(3)24-18/h9-10,17,23H,8H2,1-7H3. The average Bonchev–Trinajstić information content (AvgIpc) is 2.62. The van der Waals surface area contributed by atoms with Crippen LogP contribution in [0, 0.1) is 13.8 Å². The lowest BCUT2D eigenvalue weighted by atomic mass is 10.3. The summed E-state index contributed by atoms with van der Waals surface area (Å²) in [4.78, 5) is 22.3. The number of aryl methyl sites for hydroxylation is 2. The summed E-state index contributed by atoms with van der Waals surface area (Å²) in [5.41, 5.74) is 4.51. The van der Waals surface area contributed by atoms with Crippen molar-refractivity contribution < 1.29 is 4.57 Å². The van der Waals surface area contributed by atoms with E-state index in [0.717, 1.165) is 11.4 Å². The van der Waals surface area contributed by atoms with Crippen molar-refractivity contribution in [3.05, 3.63) is 29.5 Å². The molecular weight excluding hydrogens is 347 g/mol. The zero-order valence-corrected chi connectivity index (χ0v) is 17.4. The van der Waals surface area contributed by atoms with Crippen LogP contribution < -0.4 is 10.8 Å². The Balaban J connectivity index is 2.84. The van der Waals surface area contributed by atoms with E-state index in [0.29, 0.717) is 34.5 Å². The van der Waals surface area contributed by atoms with E-state index in [1.807, 2.05) is 41.5 Å². The Kier molecular flexibility index (Phi) is 6.24. The molecule has 0 saturated heterocycles. The average molecular weight is 374 g/mol. The molecule has 8 heteroatoms. The molecule has 0 spiro atoms. The van der Waals surface area contributed by atoms with Gasteiger partial charge in [0.2, 0.25) is 7.14 Å². The Morgan fingerprint density at radius 3 is 2.62 bits per heavy atom. The zero-order valence-electron chi connectivity index (χ0n) is 16.5. The second kappa shape index (κ2) is 8.04. The zero-order chi connectivity index (χ0) is 19.5. The van der Waals surface area contributed by atoms with Gasteiger partial charge < -0.3 is 9.88 Å². The van der Waals surface area contributed by atoms with Gasteiger partial charge in [-0.1, -0.05) is 0 Å². The van der Waals surface area contributed by atoms with Crippen LogP contribution in [0.3, 0.4) is 0 Å². The first-order chi connectivity index (χ1) is 12.2. The van der Waals surface area contributed by atoms with Crippen molar-refractivity contribution >= 4 is 29.5 Å². The Labute approximate surface area is 155 Å². The SMILES string of the molecule is CCN=C(C(C)=NC)P(=O)(c1nc(C)cnc1C)C1NC(C)=CN=C1C. The maximum Gasteiger partial charge on any atom is 0.207 e. The van der Waals surface area contributed by atoms with Crippen LogP contribution in [0.1, 0.15) is 39.1 Å². The normalized spacial score (nSPS) is 20.8. The highest BCUT2D eigenvalue weighted by Gasteiger charge is 2.46. The van der Waals surface area contributed by atoms with E-state index in [1.165, 1.54) is 0 Å². The first-order valence-corrected chi connectivity index (χ1v) is 10.4. The van der Waals surface area contributed by atoms with Gasteiger partial charge in [-0.2, -0.15) is 0 Å². The fraction of sp³-hybridized carbons (Fsp3) is 0.500. The molecule has 0 radical (unpaired) electrons. The summed E-state index contributed by atoms with van der Waals surface area (Å²) >= 11 is 0. The third-order valence-electron chi connectivity index (χ3n) is 4.23. The van der Waals surface area contributed by atoms with Crippen LogP contribution in [0.15, 0.2) is 33.1 Å². The van der Waals surface area contributed by atoms with Crippen LogP contribution in [-0.4, -0.2) is 46.2 Å². The fourth-order valence-corrected chi connectivity index (χ4v) is 6.32. The number of aliphatic imine (C=N–C) groups is 3. The first kappa shape index (κ1) is 20.2. The van der Waals surface area contributed by atoms with Gasteiger partial charge in [0.15, 0.2) is 0 Å². The fourth-order valence-electron chi connectivity index (χ4n) is 2.87.